The monoisotopic (exact) mass is 525 g/mol. The number of piperazine rings is 1. The summed E-state index contributed by atoms with van der Waals surface area (Å²) in [4.78, 5) is 31.4. The average molecular weight is 526 g/mol. The molecule has 2 aliphatic rings. The van der Waals surface area contributed by atoms with Crippen LogP contribution >= 0.6 is 0 Å². The Morgan fingerprint density at radius 1 is 1.03 bits per heavy atom. The van der Waals surface area contributed by atoms with Gasteiger partial charge in [0.2, 0.25) is 18.6 Å². The molecule has 1 N–H and O–H groups in total. The van der Waals surface area contributed by atoms with Crippen molar-refractivity contribution in [3.63, 3.8) is 0 Å². The van der Waals surface area contributed by atoms with Gasteiger partial charge in [-0.2, -0.15) is 4.98 Å². The van der Waals surface area contributed by atoms with Gasteiger partial charge in [0, 0.05) is 69.3 Å². The van der Waals surface area contributed by atoms with Gasteiger partial charge in [-0.15, -0.1) is 0 Å². The van der Waals surface area contributed by atoms with E-state index in [0.717, 1.165) is 42.5 Å². The first-order valence-corrected chi connectivity index (χ1v) is 13.1. The van der Waals surface area contributed by atoms with Crippen molar-refractivity contribution < 1.29 is 14.3 Å². The first kappa shape index (κ1) is 24.9. The highest BCUT2D eigenvalue weighted by atomic mass is 16.7. The van der Waals surface area contributed by atoms with E-state index in [1.54, 1.807) is 12.5 Å². The SMILES string of the molecule is Cc1cc(N2CCN(Cc3ccccc3)C(CC(=O)NCc3ccc4c(c3)OCO4)C2)nc(-n2ccnc2)n1. The Kier molecular flexibility index (Phi) is 7.09. The molecule has 0 saturated carbocycles. The fourth-order valence-corrected chi connectivity index (χ4v) is 5.05. The lowest BCUT2D eigenvalue weighted by Crippen LogP contribution is -2.54. The fraction of sp³-hybridized carbons (Fsp3) is 0.310. The Bertz CT molecular complexity index is 1430. The van der Waals surface area contributed by atoms with Gasteiger partial charge >= 0.3 is 0 Å². The van der Waals surface area contributed by atoms with Gasteiger partial charge in [0.05, 0.1) is 0 Å². The molecule has 0 bridgehead atoms. The van der Waals surface area contributed by atoms with Crippen LogP contribution in [-0.2, 0) is 17.9 Å². The Balaban J connectivity index is 1.17. The summed E-state index contributed by atoms with van der Waals surface area (Å²) in [5.41, 5.74) is 3.09. The summed E-state index contributed by atoms with van der Waals surface area (Å²) in [5.74, 6) is 2.91. The van der Waals surface area contributed by atoms with Crippen LogP contribution in [-0.4, -0.2) is 62.8 Å². The number of hydrogen-bond acceptors (Lipinski definition) is 8. The Morgan fingerprint density at radius 3 is 2.74 bits per heavy atom. The van der Waals surface area contributed by atoms with E-state index in [1.165, 1.54) is 5.56 Å². The van der Waals surface area contributed by atoms with E-state index in [0.29, 0.717) is 31.2 Å². The molecule has 1 unspecified atom stereocenters. The number of benzene rings is 2. The number of nitrogens with zero attached hydrogens (tertiary/aromatic N) is 6. The molecular formula is C29H31N7O3. The fourth-order valence-electron chi connectivity index (χ4n) is 5.05. The largest absolute Gasteiger partial charge is 0.454 e. The number of carbonyl (C=O) groups excluding carboxylic acids is 1. The molecule has 1 saturated heterocycles. The molecule has 4 heterocycles. The highest BCUT2D eigenvalue weighted by molar-refractivity contribution is 5.76. The van der Waals surface area contributed by atoms with Gasteiger partial charge in [-0.05, 0) is 30.2 Å². The van der Waals surface area contributed by atoms with E-state index in [-0.39, 0.29) is 18.7 Å². The van der Waals surface area contributed by atoms with Crippen LogP contribution < -0.4 is 19.7 Å². The maximum absolute atomic E-state index is 13.2. The first-order valence-electron chi connectivity index (χ1n) is 13.1. The number of fused-ring (bicyclic) bond motifs is 1. The number of amides is 1. The summed E-state index contributed by atoms with van der Waals surface area (Å²) in [5, 5.41) is 3.10. The molecule has 4 aromatic rings. The Hall–Kier alpha value is -4.44. The molecule has 6 rings (SSSR count). The number of carbonyl (C=O) groups is 1. The van der Waals surface area contributed by atoms with E-state index in [9.17, 15) is 4.79 Å². The highest BCUT2D eigenvalue weighted by Gasteiger charge is 2.30. The molecule has 1 amide bonds. The van der Waals surface area contributed by atoms with Gasteiger partial charge in [-0.1, -0.05) is 36.4 Å². The van der Waals surface area contributed by atoms with Crippen LogP contribution in [0.25, 0.3) is 5.95 Å². The minimum Gasteiger partial charge on any atom is -0.454 e. The van der Waals surface area contributed by atoms with Crippen LogP contribution in [0.2, 0.25) is 0 Å². The number of aryl methyl sites for hydroxylation is 1. The van der Waals surface area contributed by atoms with E-state index in [2.05, 4.69) is 49.4 Å². The normalized spacial score (nSPS) is 16.8. The van der Waals surface area contributed by atoms with Crippen molar-refractivity contribution in [1.82, 2.24) is 29.7 Å². The molecule has 0 spiro atoms. The molecule has 0 radical (unpaired) electrons. The molecular weight excluding hydrogens is 494 g/mol. The quantitative estimate of drug-likeness (QED) is 0.375. The highest BCUT2D eigenvalue weighted by Crippen LogP contribution is 2.32. The average Bonchev–Trinajstić information content (AvgIpc) is 3.66. The predicted octanol–water partition coefficient (Wildman–Crippen LogP) is 3.10. The van der Waals surface area contributed by atoms with Crippen molar-refractivity contribution in [2.45, 2.75) is 32.5 Å². The van der Waals surface area contributed by atoms with E-state index < -0.39 is 0 Å². The number of anilines is 1. The van der Waals surface area contributed by atoms with Crippen molar-refractivity contribution in [2.24, 2.45) is 0 Å². The summed E-state index contributed by atoms with van der Waals surface area (Å²) in [6, 6.07) is 18.2. The lowest BCUT2D eigenvalue weighted by molar-refractivity contribution is -0.122. The molecule has 0 aliphatic carbocycles. The van der Waals surface area contributed by atoms with Gasteiger partial charge in [-0.25, -0.2) is 9.97 Å². The lowest BCUT2D eigenvalue weighted by atomic mass is 10.1. The summed E-state index contributed by atoms with van der Waals surface area (Å²) in [7, 11) is 0. The number of nitrogens with one attached hydrogen (secondary N) is 1. The number of ether oxygens (including phenoxy) is 2. The van der Waals surface area contributed by atoms with E-state index in [4.69, 9.17) is 14.5 Å². The third kappa shape index (κ3) is 5.85. The van der Waals surface area contributed by atoms with Crippen molar-refractivity contribution in [1.29, 1.82) is 0 Å². The third-order valence-electron chi connectivity index (χ3n) is 7.07. The first-order chi connectivity index (χ1) is 19.1. The van der Waals surface area contributed by atoms with E-state index in [1.807, 2.05) is 48.0 Å². The maximum Gasteiger partial charge on any atom is 0.237 e. The second kappa shape index (κ2) is 11.1. The molecule has 1 fully saturated rings. The maximum atomic E-state index is 13.2. The number of hydrogen-bond donors (Lipinski definition) is 1. The van der Waals surface area contributed by atoms with Crippen LogP contribution in [0.1, 0.15) is 23.2 Å². The van der Waals surface area contributed by atoms with E-state index >= 15 is 0 Å². The summed E-state index contributed by atoms with van der Waals surface area (Å²) < 4.78 is 12.7. The van der Waals surface area contributed by atoms with Crippen molar-refractivity contribution in [3.05, 3.63) is 90.1 Å². The van der Waals surface area contributed by atoms with Crippen LogP contribution in [0.5, 0.6) is 11.5 Å². The smallest absolute Gasteiger partial charge is 0.237 e. The third-order valence-corrected chi connectivity index (χ3v) is 7.07. The molecule has 2 aliphatic heterocycles. The summed E-state index contributed by atoms with van der Waals surface area (Å²) >= 11 is 0. The van der Waals surface area contributed by atoms with Gasteiger partial charge in [0.1, 0.15) is 12.1 Å². The zero-order valence-electron chi connectivity index (χ0n) is 21.9. The topological polar surface area (TPSA) is 97.6 Å². The van der Waals surface area contributed by atoms with Gasteiger partial charge in [0.25, 0.3) is 0 Å². The van der Waals surface area contributed by atoms with Crippen LogP contribution in [0.4, 0.5) is 5.82 Å². The standard InChI is InChI=1S/C29H31N7O3/c1-21-13-27(33-29(32-21)36-10-9-30-19-36)35-12-11-34(17-22-5-3-2-4-6-22)24(18-35)15-28(37)31-16-23-7-8-25-26(14-23)39-20-38-25/h2-10,13-14,19,24H,11-12,15-18,20H2,1H3,(H,31,37). The second-order valence-electron chi connectivity index (χ2n) is 9.86. The van der Waals surface area contributed by atoms with Crippen LogP contribution in [0.15, 0.2) is 73.3 Å². The van der Waals surface area contributed by atoms with Gasteiger partial charge in [0.15, 0.2) is 11.5 Å². The zero-order chi connectivity index (χ0) is 26.6. The molecule has 39 heavy (non-hydrogen) atoms. The van der Waals surface area contributed by atoms with Crippen LogP contribution in [0.3, 0.4) is 0 Å². The lowest BCUT2D eigenvalue weighted by Gasteiger charge is -2.42. The van der Waals surface area contributed by atoms with Crippen LogP contribution in [0, 0.1) is 6.92 Å². The van der Waals surface area contributed by atoms with Gasteiger partial charge in [-0.3, -0.25) is 14.3 Å². The Labute approximate surface area is 227 Å². The zero-order valence-corrected chi connectivity index (χ0v) is 21.9. The number of imidazole rings is 1. The molecule has 10 nitrogen and oxygen atoms in total. The molecule has 1 atom stereocenters. The summed E-state index contributed by atoms with van der Waals surface area (Å²) in [6.45, 7) is 5.74. The molecule has 2 aromatic heterocycles. The Morgan fingerprint density at radius 2 is 1.90 bits per heavy atom. The molecule has 10 heteroatoms. The van der Waals surface area contributed by atoms with Crippen molar-refractivity contribution in [2.75, 3.05) is 31.3 Å². The predicted molar refractivity (Wildman–Crippen MR) is 146 cm³/mol. The minimum atomic E-state index is 0.00977. The molecule has 2 aromatic carbocycles. The summed E-state index contributed by atoms with van der Waals surface area (Å²) in [6.07, 6.45) is 5.63. The molecule has 200 valence electrons. The number of aromatic nitrogens is 4. The minimum absolute atomic E-state index is 0.00977. The van der Waals surface area contributed by atoms with Crippen molar-refractivity contribution >= 4 is 11.7 Å². The van der Waals surface area contributed by atoms with Gasteiger partial charge < -0.3 is 19.7 Å². The van der Waals surface area contributed by atoms with Crippen molar-refractivity contribution in [3.8, 4) is 17.4 Å². The second-order valence-corrected chi connectivity index (χ2v) is 9.86. The number of rotatable bonds is 8.